The molecule has 0 aliphatic rings. The molecule has 0 aliphatic heterocycles. The number of carboxylic acid groups (broad SMARTS) is 1. The molecule has 1 aromatic carbocycles. The van der Waals surface area contributed by atoms with E-state index in [0.717, 1.165) is 5.39 Å². The first-order valence-corrected chi connectivity index (χ1v) is 5.82. The van der Waals surface area contributed by atoms with Crippen LogP contribution >= 0.6 is 11.6 Å². The Labute approximate surface area is 108 Å². The Kier molecular flexibility index (Phi) is 3.53. The number of carboxylic acids is 1. The first-order chi connectivity index (χ1) is 8.63. The van der Waals surface area contributed by atoms with Gasteiger partial charge in [-0.25, -0.2) is 0 Å². The van der Waals surface area contributed by atoms with E-state index in [-0.39, 0.29) is 18.3 Å². The summed E-state index contributed by atoms with van der Waals surface area (Å²) in [6.07, 6.45) is 1.57. The van der Waals surface area contributed by atoms with E-state index in [1.807, 2.05) is 12.1 Å². The molecule has 0 bridgehead atoms. The van der Waals surface area contributed by atoms with Crippen molar-refractivity contribution in [1.82, 2.24) is 4.57 Å². The molecule has 0 spiro atoms. The monoisotopic (exact) mass is 266 g/mol. The Balaban J connectivity index is 2.47. The number of carbonyl (C=O) groups excluding carboxylic acids is 1. The highest BCUT2D eigenvalue weighted by Crippen LogP contribution is 2.25. The number of aromatic nitrogens is 1. The summed E-state index contributed by atoms with van der Waals surface area (Å²) in [6, 6.07) is 7.23. The number of nitrogens with zero attached hydrogens (tertiary/aromatic N) is 1. The number of rotatable bonds is 4. The van der Waals surface area contributed by atoms with Crippen LogP contribution in [0.3, 0.4) is 0 Å². The predicted molar refractivity (Wildman–Crippen MR) is 69.4 cm³/mol. The highest BCUT2D eigenvalue weighted by Gasteiger charge is 2.12. The molecule has 0 aliphatic carbocycles. The average molecular weight is 267 g/mol. The second kappa shape index (κ2) is 5.10. The molecule has 94 valence electrons. The molecule has 2 aromatic rings. The zero-order valence-electron chi connectivity index (χ0n) is 9.39. The van der Waals surface area contributed by atoms with E-state index < -0.39 is 5.97 Å². The average Bonchev–Trinajstić information content (AvgIpc) is 2.74. The number of halogens is 1. The van der Waals surface area contributed by atoms with Gasteiger partial charge in [-0.1, -0.05) is 18.2 Å². The fourth-order valence-corrected chi connectivity index (χ4v) is 1.89. The zero-order valence-corrected chi connectivity index (χ0v) is 10.1. The minimum Gasteiger partial charge on any atom is -0.480 e. The zero-order chi connectivity index (χ0) is 13.1. The van der Waals surface area contributed by atoms with Crippen molar-refractivity contribution in [2.45, 2.75) is 0 Å². The molecule has 0 unspecified atom stereocenters. The number of aliphatic carboxylic acids is 1. The summed E-state index contributed by atoms with van der Waals surface area (Å²) in [6.45, 7) is -0.205. The molecule has 1 aromatic heterocycles. The first kappa shape index (κ1) is 12.4. The Bertz CT molecular complexity index is 606. The molecule has 5 nitrogen and oxygen atoms in total. The van der Waals surface area contributed by atoms with E-state index in [4.69, 9.17) is 16.7 Å². The largest absolute Gasteiger partial charge is 0.480 e. The van der Waals surface area contributed by atoms with Crippen LogP contribution in [0, 0.1) is 0 Å². The number of nitrogens with one attached hydrogen (secondary N) is 1. The van der Waals surface area contributed by atoms with E-state index >= 15 is 0 Å². The van der Waals surface area contributed by atoms with E-state index in [1.165, 1.54) is 4.57 Å². The van der Waals surface area contributed by atoms with Crippen molar-refractivity contribution in [1.29, 1.82) is 0 Å². The van der Waals surface area contributed by atoms with Gasteiger partial charge >= 0.3 is 5.97 Å². The molecule has 2 rings (SSSR count). The van der Waals surface area contributed by atoms with Gasteiger partial charge in [-0.2, -0.15) is 0 Å². The molecule has 0 saturated carbocycles. The van der Waals surface area contributed by atoms with Crippen molar-refractivity contribution in [3.8, 4) is 0 Å². The smallest absolute Gasteiger partial charge is 0.322 e. The summed E-state index contributed by atoms with van der Waals surface area (Å²) in [4.78, 5) is 22.2. The lowest BCUT2D eigenvalue weighted by Crippen LogP contribution is -2.12. The van der Waals surface area contributed by atoms with E-state index in [2.05, 4.69) is 5.32 Å². The highest BCUT2D eigenvalue weighted by atomic mass is 35.5. The first-order valence-electron chi connectivity index (χ1n) is 5.28. The summed E-state index contributed by atoms with van der Waals surface area (Å²) < 4.78 is 1.42. The summed E-state index contributed by atoms with van der Waals surface area (Å²) >= 11 is 5.54. The number of anilines is 1. The summed E-state index contributed by atoms with van der Waals surface area (Å²) in [5, 5.41) is 12.2. The number of benzene rings is 1. The minimum absolute atomic E-state index is 0.128. The third kappa shape index (κ3) is 2.31. The van der Waals surface area contributed by atoms with Crippen molar-refractivity contribution < 1.29 is 14.7 Å². The van der Waals surface area contributed by atoms with Gasteiger partial charge in [-0.05, 0) is 6.07 Å². The van der Waals surface area contributed by atoms with Crippen molar-refractivity contribution in [3.63, 3.8) is 0 Å². The van der Waals surface area contributed by atoms with Crippen molar-refractivity contribution in [2.75, 3.05) is 17.7 Å². The molecule has 18 heavy (non-hydrogen) atoms. The van der Waals surface area contributed by atoms with Gasteiger partial charge in [0, 0.05) is 11.6 Å². The molecular formula is C12H11ClN2O3. The van der Waals surface area contributed by atoms with Gasteiger partial charge < -0.3 is 10.4 Å². The highest BCUT2D eigenvalue weighted by molar-refractivity contribution is 6.28. The van der Waals surface area contributed by atoms with Crippen LogP contribution in [0.5, 0.6) is 0 Å². The lowest BCUT2D eigenvalue weighted by Gasteiger charge is -1.99. The van der Waals surface area contributed by atoms with Crippen molar-refractivity contribution in [2.24, 2.45) is 0 Å². The Hall–Kier alpha value is -2.01. The van der Waals surface area contributed by atoms with Crippen LogP contribution < -0.4 is 5.32 Å². The molecule has 0 saturated heterocycles. The number of hydrogen-bond donors (Lipinski definition) is 2. The van der Waals surface area contributed by atoms with E-state index in [9.17, 15) is 9.59 Å². The molecular weight excluding hydrogens is 256 g/mol. The maximum atomic E-state index is 11.7. The van der Waals surface area contributed by atoms with Crippen LogP contribution in [-0.4, -0.2) is 34.0 Å². The van der Waals surface area contributed by atoms with Crippen LogP contribution in [0.25, 0.3) is 10.9 Å². The predicted octanol–water partition coefficient (Wildman–Crippen LogP) is 2.02. The van der Waals surface area contributed by atoms with Gasteiger partial charge in [0.05, 0.1) is 11.2 Å². The normalized spacial score (nSPS) is 10.5. The molecule has 0 amide bonds. The van der Waals surface area contributed by atoms with Crippen molar-refractivity contribution >= 4 is 40.1 Å². The van der Waals surface area contributed by atoms with Gasteiger partial charge in [-0.15, -0.1) is 11.6 Å². The fourth-order valence-electron chi connectivity index (χ4n) is 1.76. The second-order valence-corrected chi connectivity index (χ2v) is 3.97. The topological polar surface area (TPSA) is 71.3 Å². The molecule has 0 fully saturated rings. The fraction of sp³-hybridized carbons (Fsp3) is 0.167. The molecule has 6 heteroatoms. The lowest BCUT2D eigenvalue weighted by molar-refractivity contribution is -0.134. The maximum Gasteiger partial charge on any atom is 0.322 e. The number of fused-ring (bicyclic) bond motifs is 1. The standard InChI is InChI=1S/C12H11ClN2O3/c13-5-11(16)15-7-9(14-6-12(17)18)8-3-1-2-4-10(8)15/h1-4,7,14H,5-6H2,(H,17,18). The van der Waals surface area contributed by atoms with Crippen LogP contribution in [0.15, 0.2) is 30.5 Å². The third-order valence-corrected chi connectivity index (χ3v) is 2.75. The molecule has 0 radical (unpaired) electrons. The SMILES string of the molecule is O=C(O)CNc1cn(C(=O)CCl)c2ccccc12. The molecule has 2 N–H and O–H groups in total. The van der Waals surface area contributed by atoms with Crippen LogP contribution in [0.2, 0.25) is 0 Å². The number of para-hydroxylation sites is 1. The van der Waals surface area contributed by atoms with Gasteiger partial charge in [0.15, 0.2) is 0 Å². The molecule has 1 heterocycles. The Morgan fingerprint density at radius 3 is 2.72 bits per heavy atom. The van der Waals surface area contributed by atoms with Crippen LogP contribution in [0.4, 0.5) is 5.69 Å². The van der Waals surface area contributed by atoms with Gasteiger partial charge in [0.25, 0.3) is 0 Å². The van der Waals surface area contributed by atoms with Gasteiger partial charge in [-0.3, -0.25) is 14.2 Å². The third-order valence-electron chi connectivity index (χ3n) is 2.53. The minimum atomic E-state index is -0.962. The number of carbonyl (C=O) groups is 2. The summed E-state index contributed by atoms with van der Waals surface area (Å²) in [5.41, 5.74) is 1.31. The lowest BCUT2D eigenvalue weighted by atomic mass is 10.2. The number of alkyl halides is 1. The van der Waals surface area contributed by atoms with Crippen LogP contribution in [-0.2, 0) is 4.79 Å². The summed E-state index contributed by atoms with van der Waals surface area (Å²) in [5.74, 6) is -1.34. The van der Waals surface area contributed by atoms with Gasteiger partial charge in [0.2, 0.25) is 5.91 Å². The Morgan fingerprint density at radius 1 is 1.33 bits per heavy atom. The van der Waals surface area contributed by atoms with Crippen molar-refractivity contribution in [3.05, 3.63) is 30.5 Å². The van der Waals surface area contributed by atoms with E-state index in [0.29, 0.717) is 11.2 Å². The van der Waals surface area contributed by atoms with Gasteiger partial charge in [0.1, 0.15) is 12.4 Å². The maximum absolute atomic E-state index is 11.7. The number of hydrogen-bond acceptors (Lipinski definition) is 3. The van der Waals surface area contributed by atoms with E-state index in [1.54, 1.807) is 18.3 Å². The quantitative estimate of drug-likeness (QED) is 0.831. The summed E-state index contributed by atoms with van der Waals surface area (Å²) in [7, 11) is 0. The van der Waals surface area contributed by atoms with Crippen LogP contribution in [0.1, 0.15) is 4.79 Å². The molecule has 0 atom stereocenters. The second-order valence-electron chi connectivity index (χ2n) is 3.70. The Morgan fingerprint density at radius 2 is 2.06 bits per heavy atom.